The van der Waals surface area contributed by atoms with Gasteiger partial charge in [0.25, 0.3) is 5.91 Å². The van der Waals surface area contributed by atoms with E-state index in [0.717, 1.165) is 22.6 Å². The van der Waals surface area contributed by atoms with Crippen LogP contribution in [0.3, 0.4) is 0 Å². The van der Waals surface area contributed by atoms with E-state index in [1.54, 1.807) is 13.3 Å². The Kier molecular flexibility index (Phi) is 5.66. The first-order valence-electron chi connectivity index (χ1n) is 8.63. The molecule has 0 atom stereocenters. The van der Waals surface area contributed by atoms with E-state index in [2.05, 4.69) is 20.6 Å². The summed E-state index contributed by atoms with van der Waals surface area (Å²) in [7, 11) is 1.64. The Hall–Kier alpha value is -3.41. The molecule has 6 nitrogen and oxygen atoms in total. The molecule has 0 aliphatic heterocycles. The summed E-state index contributed by atoms with van der Waals surface area (Å²) in [5.41, 5.74) is 4.31. The predicted molar refractivity (Wildman–Crippen MR) is 106 cm³/mol. The van der Waals surface area contributed by atoms with Crippen LogP contribution in [0.25, 0.3) is 0 Å². The van der Waals surface area contributed by atoms with Gasteiger partial charge in [-0.3, -0.25) is 4.79 Å². The fourth-order valence-corrected chi connectivity index (χ4v) is 2.59. The number of aryl methyl sites for hydroxylation is 2. The molecule has 1 heterocycles. The second kappa shape index (κ2) is 8.31. The van der Waals surface area contributed by atoms with E-state index in [1.807, 2.05) is 56.3 Å². The first kappa shape index (κ1) is 18.4. The molecule has 27 heavy (non-hydrogen) atoms. The summed E-state index contributed by atoms with van der Waals surface area (Å²) in [4.78, 5) is 20.8. The molecule has 0 aliphatic rings. The second-order valence-electron chi connectivity index (χ2n) is 6.21. The largest absolute Gasteiger partial charge is 0.496 e. The van der Waals surface area contributed by atoms with Crippen LogP contribution in [0.4, 0.5) is 11.5 Å². The van der Waals surface area contributed by atoms with Gasteiger partial charge in [-0.25, -0.2) is 9.97 Å². The Balaban J connectivity index is 1.62. The molecule has 1 aromatic heterocycles. The lowest BCUT2D eigenvalue weighted by molar-refractivity contribution is 0.102. The van der Waals surface area contributed by atoms with Crippen molar-refractivity contribution in [3.63, 3.8) is 0 Å². The van der Waals surface area contributed by atoms with E-state index in [4.69, 9.17) is 4.74 Å². The van der Waals surface area contributed by atoms with Crippen molar-refractivity contribution in [2.45, 2.75) is 20.4 Å². The highest BCUT2D eigenvalue weighted by atomic mass is 16.5. The number of anilines is 2. The van der Waals surface area contributed by atoms with Crippen LogP contribution in [0.15, 0.2) is 54.9 Å². The third-order valence-corrected chi connectivity index (χ3v) is 4.30. The maximum Gasteiger partial charge on any atom is 0.275 e. The van der Waals surface area contributed by atoms with Crippen molar-refractivity contribution in [3.8, 4) is 5.75 Å². The number of amides is 1. The first-order chi connectivity index (χ1) is 13.1. The SMILES string of the molecule is COc1ccccc1CNc1cnc(C(=O)Nc2ccc(C)c(C)c2)cn1. The van der Waals surface area contributed by atoms with Gasteiger partial charge in [0.05, 0.1) is 19.5 Å². The van der Waals surface area contributed by atoms with Crippen molar-refractivity contribution in [3.05, 3.63) is 77.2 Å². The van der Waals surface area contributed by atoms with Gasteiger partial charge in [0.1, 0.15) is 17.3 Å². The van der Waals surface area contributed by atoms with Gasteiger partial charge in [-0.15, -0.1) is 0 Å². The summed E-state index contributed by atoms with van der Waals surface area (Å²) in [6.07, 6.45) is 3.01. The van der Waals surface area contributed by atoms with Crippen LogP contribution in [-0.2, 0) is 6.54 Å². The van der Waals surface area contributed by atoms with Crippen molar-refractivity contribution in [2.75, 3.05) is 17.7 Å². The van der Waals surface area contributed by atoms with Crippen LogP contribution in [0.5, 0.6) is 5.75 Å². The van der Waals surface area contributed by atoms with E-state index in [-0.39, 0.29) is 11.6 Å². The summed E-state index contributed by atoms with van der Waals surface area (Å²) in [5.74, 6) is 1.10. The Morgan fingerprint density at radius 2 is 1.85 bits per heavy atom. The van der Waals surface area contributed by atoms with E-state index in [9.17, 15) is 4.79 Å². The van der Waals surface area contributed by atoms with Crippen molar-refractivity contribution < 1.29 is 9.53 Å². The topological polar surface area (TPSA) is 76.1 Å². The molecule has 0 radical (unpaired) electrons. The summed E-state index contributed by atoms with van der Waals surface area (Å²) in [5, 5.41) is 6.02. The van der Waals surface area contributed by atoms with Crippen molar-refractivity contribution >= 4 is 17.4 Å². The maximum atomic E-state index is 12.3. The number of hydrogen-bond donors (Lipinski definition) is 2. The van der Waals surface area contributed by atoms with E-state index >= 15 is 0 Å². The highest BCUT2D eigenvalue weighted by Crippen LogP contribution is 2.18. The van der Waals surface area contributed by atoms with Gasteiger partial charge >= 0.3 is 0 Å². The van der Waals surface area contributed by atoms with Gasteiger partial charge in [-0.1, -0.05) is 24.3 Å². The van der Waals surface area contributed by atoms with Gasteiger partial charge < -0.3 is 15.4 Å². The second-order valence-corrected chi connectivity index (χ2v) is 6.21. The number of aromatic nitrogens is 2. The fraction of sp³-hybridized carbons (Fsp3) is 0.190. The Morgan fingerprint density at radius 1 is 1.04 bits per heavy atom. The summed E-state index contributed by atoms with van der Waals surface area (Å²) in [6, 6.07) is 13.5. The molecule has 1 amide bonds. The molecule has 0 saturated carbocycles. The number of carbonyl (C=O) groups is 1. The Morgan fingerprint density at radius 3 is 2.56 bits per heavy atom. The highest BCUT2D eigenvalue weighted by Gasteiger charge is 2.09. The molecular weight excluding hydrogens is 340 g/mol. The van der Waals surface area contributed by atoms with Crippen LogP contribution in [0.1, 0.15) is 27.2 Å². The number of rotatable bonds is 6. The minimum absolute atomic E-state index is 0.260. The fourth-order valence-electron chi connectivity index (χ4n) is 2.59. The number of para-hydroxylation sites is 1. The molecule has 0 aliphatic carbocycles. The molecule has 2 aromatic carbocycles. The lowest BCUT2D eigenvalue weighted by atomic mass is 10.1. The number of methoxy groups -OCH3 is 1. The monoisotopic (exact) mass is 362 g/mol. The molecule has 0 saturated heterocycles. The van der Waals surface area contributed by atoms with Gasteiger partial charge in [-0.05, 0) is 43.2 Å². The molecule has 2 N–H and O–H groups in total. The third-order valence-electron chi connectivity index (χ3n) is 4.30. The third kappa shape index (κ3) is 4.61. The zero-order chi connectivity index (χ0) is 19.2. The maximum absolute atomic E-state index is 12.3. The lowest BCUT2D eigenvalue weighted by Crippen LogP contribution is -2.14. The molecule has 0 unspecified atom stereocenters. The van der Waals surface area contributed by atoms with E-state index in [0.29, 0.717) is 12.4 Å². The zero-order valence-corrected chi connectivity index (χ0v) is 15.6. The van der Waals surface area contributed by atoms with Crippen molar-refractivity contribution in [2.24, 2.45) is 0 Å². The molecule has 0 bridgehead atoms. The van der Waals surface area contributed by atoms with E-state index < -0.39 is 0 Å². The Labute approximate surface area is 158 Å². The number of nitrogens with zero attached hydrogens (tertiary/aromatic N) is 2. The first-order valence-corrected chi connectivity index (χ1v) is 8.63. The molecule has 3 aromatic rings. The number of nitrogens with one attached hydrogen (secondary N) is 2. The molecule has 3 rings (SSSR count). The normalized spacial score (nSPS) is 10.3. The number of carbonyl (C=O) groups excluding carboxylic acids is 1. The Bertz CT molecular complexity index is 939. The van der Waals surface area contributed by atoms with Crippen LogP contribution in [0.2, 0.25) is 0 Å². The van der Waals surface area contributed by atoms with Crippen LogP contribution in [0, 0.1) is 13.8 Å². The molecule has 0 spiro atoms. The smallest absolute Gasteiger partial charge is 0.275 e. The van der Waals surface area contributed by atoms with Crippen LogP contribution < -0.4 is 15.4 Å². The minimum atomic E-state index is -0.290. The van der Waals surface area contributed by atoms with Gasteiger partial charge in [0.15, 0.2) is 0 Å². The van der Waals surface area contributed by atoms with E-state index in [1.165, 1.54) is 11.8 Å². The van der Waals surface area contributed by atoms with Crippen molar-refractivity contribution in [1.29, 1.82) is 0 Å². The number of ether oxygens (including phenoxy) is 1. The predicted octanol–water partition coefficient (Wildman–Crippen LogP) is 3.97. The van der Waals surface area contributed by atoms with Gasteiger partial charge in [0, 0.05) is 17.8 Å². The highest BCUT2D eigenvalue weighted by molar-refractivity contribution is 6.02. The summed E-state index contributed by atoms with van der Waals surface area (Å²) >= 11 is 0. The lowest BCUT2D eigenvalue weighted by Gasteiger charge is -2.10. The minimum Gasteiger partial charge on any atom is -0.496 e. The molecule has 0 fully saturated rings. The van der Waals surface area contributed by atoms with Crippen LogP contribution >= 0.6 is 0 Å². The standard InChI is InChI=1S/C21H22N4O2/c1-14-8-9-17(10-15(14)2)25-21(26)18-12-24-20(13-22-18)23-11-16-6-4-5-7-19(16)27-3/h4-10,12-13H,11H2,1-3H3,(H,23,24)(H,25,26). The summed E-state index contributed by atoms with van der Waals surface area (Å²) in [6.45, 7) is 4.59. The zero-order valence-electron chi connectivity index (χ0n) is 15.6. The van der Waals surface area contributed by atoms with Gasteiger partial charge in [-0.2, -0.15) is 0 Å². The van der Waals surface area contributed by atoms with Crippen LogP contribution in [-0.4, -0.2) is 23.0 Å². The average molecular weight is 362 g/mol. The van der Waals surface area contributed by atoms with Gasteiger partial charge in [0.2, 0.25) is 0 Å². The quantitative estimate of drug-likeness (QED) is 0.694. The van der Waals surface area contributed by atoms with Crippen molar-refractivity contribution in [1.82, 2.24) is 9.97 Å². The average Bonchev–Trinajstić information content (AvgIpc) is 2.69. The number of hydrogen-bond acceptors (Lipinski definition) is 5. The molecular formula is C21H22N4O2. The molecule has 138 valence electrons. The number of benzene rings is 2. The summed E-state index contributed by atoms with van der Waals surface area (Å²) < 4.78 is 5.33. The molecule has 6 heteroatoms.